The van der Waals surface area contributed by atoms with Gasteiger partial charge in [0.25, 0.3) is 5.91 Å². The van der Waals surface area contributed by atoms with Crippen molar-refractivity contribution in [1.29, 1.82) is 0 Å². The molecule has 3 fully saturated rings. The van der Waals surface area contributed by atoms with Crippen LogP contribution in [0.25, 0.3) is 0 Å². The number of imide groups is 1. The minimum atomic E-state index is -0.684. The van der Waals surface area contributed by atoms with Gasteiger partial charge < -0.3 is 15.0 Å². The Labute approximate surface area is 177 Å². The molecule has 1 heterocycles. The van der Waals surface area contributed by atoms with Gasteiger partial charge in [-0.1, -0.05) is 12.8 Å². The fourth-order valence-corrected chi connectivity index (χ4v) is 4.84. The van der Waals surface area contributed by atoms with E-state index in [-0.39, 0.29) is 30.4 Å². The molecule has 30 heavy (non-hydrogen) atoms. The quantitative estimate of drug-likeness (QED) is 0.662. The number of amides is 4. The Morgan fingerprint density at radius 2 is 1.90 bits per heavy atom. The van der Waals surface area contributed by atoms with E-state index in [1.807, 2.05) is 29.2 Å². The standard InChI is InChI=1S/C23H31N3O4/c1-16(17-7-8-17)26(18-9-11-19(30-2)12-10-18)20(27)6-5-15-25-21(28)23(24-22(25)29)13-3-4-14-23/h9-12,16-17H,3-8,13-15H2,1-2H3,(H,24,29). The fraction of sp³-hybridized carbons (Fsp3) is 0.609. The van der Waals surface area contributed by atoms with E-state index in [4.69, 9.17) is 4.74 Å². The summed E-state index contributed by atoms with van der Waals surface area (Å²) in [4.78, 5) is 41.4. The molecule has 1 atom stereocenters. The Kier molecular flexibility index (Phi) is 5.71. The van der Waals surface area contributed by atoms with Crippen LogP contribution in [0.1, 0.15) is 58.3 Å². The van der Waals surface area contributed by atoms with Gasteiger partial charge in [0.2, 0.25) is 5.91 Å². The van der Waals surface area contributed by atoms with E-state index in [2.05, 4.69) is 12.2 Å². The van der Waals surface area contributed by atoms with Crippen LogP contribution in [0.4, 0.5) is 10.5 Å². The van der Waals surface area contributed by atoms with E-state index >= 15 is 0 Å². The van der Waals surface area contributed by atoms with Crippen molar-refractivity contribution in [3.8, 4) is 5.75 Å². The first kappa shape index (κ1) is 20.7. The van der Waals surface area contributed by atoms with Crippen molar-refractivity contribution < 1.29 is 19.1 Å². The molecule has 162 valence electrons. The third-order valence-corrected chi connectivity index (χ3v) is 6.81. The summed E-state index contributed by atoms with van der Waals surface area (Å²) in [5.41, 5.74) is 0.177. The lowest BCUT2D eigenvalue weighted by Crippen LogP contribution is -2.44. The number of carbonyl (C=O) groups is 3. The van der Waals surface area contributed by atoms with E-state index in [1.165, 1.54) is 4.90 Å². The normalized spacial score (nSPS) is 21.1. The lowest BCUT2D eigenvalue weighted by molar-refractivity contribution is -0.131. The topological polar surface area (TPSA) is 79.0 Å². The molecule has 1 aromatic carbocycles. The largest absolute Gasteiger partial charge is 0.497 e. The third kappa shape index (κ3) is 3.89. The van der Waals surface area contributed by atoms with Gasteiger partial charge in [0, 0.05) is 24.7 Å². The lowest BCUT2D eigenvalue weighted by atomic mass is 9.98. The summed E-state index contributed by atoms with van der Waals surface area (Å²) in [5, 5.41) is 2.90. The second kappa shape index (κ2) is 8.28. The van der Waals surface area contributed by atoms with Crippen molar-refractivity contribution in [2.45, 2.75) is 69.9 Å². The molecule has 1 N–H and O–H groups in total. The van der Waals surface area contributed by atoms with Crippen LogP contribution in [-0.4, -0.2) is 48.0 Å². The number of nitrogens with zero attached hydrogens (tertiary/aromatic N) is 2. The molecular weight excluding hydrogens is 382 g/mol. The number of ether oxygens (including phenoxy) is 1. The lowest BCUT2D eigenvalue weighted by Gasteiger charge is -2.30. The Morgan fingerprint density at radius 3 is 2.50 bits per heavy atom. The van der Waals surface area contributed by atoms with Crippen molar-refractivity contribution in [3.05, 3.63) is 24.3 Å². The van der Waals surface area contributed by atoms with Gasteiger partial charge in [-0.25, -0.2) is 4.79 Å². The zero-order chi connectivity index (χ0) is 21.3. The van der Waals surface area contributed by atoms with Crippen LogP contribution in [0.15, 0.2) is 24.3 Å². The summed E-state index contributed by atoms with van der Waals surface area (Å²) in [7, 11) is 1.62. The van der Waals surface area contributed by atoms with E-state index in [0.717, 1.165) is 50.0 Å². The summed E-state index contributed by atoms with van der Waals surface area (Å²) >= 11 is 0. The maximum Gasteiger partial charge on any atom is 0.325 e. The van der Waals surface area contributed by atoms with Gasteiger partial charge in [0.15, 0.2) is 0 Å². The summed E-state index contributed by atoms with van der Waals surface area (Å²) < 4.78 is 5.23. The number of anilines is 1. The van der Waals surface area contributed by atoms with Crippen molar-refractivity contribution in [1.82, 2.24) is 10.2 Å². The second-order valence-electron chi connectivity index (χ2n) is 8.82. The third-order valence-electron chi connectivity index (χ3n) is 6.81. The number of nitrogens with one attached hydrogen (secondary N) is 1. The Morgan fingerprint density at radius 1 is 1.23 bits per heavy atom. The molecule has 0 radical (unpaired) electrons. The van der Waals surface area contributed by atoms with Gasteiger partial charge in [-0.15, -0.1) is 0 Å². The maximum atomic E-state index is 13.1. The molecule has 4 rings (SSSR count). The number of carbonyl (C=O) groups excluding carboxylic acids is 3. The number of hydrogen-bond donors (Lipinski definition) is 1. The van der Waals surface area contributed by atoms with Crippen molar-refractivity contribution in [2.75, 3.05) is 18.6 Å². The molecular formula is C23H31N3O4. The number of benzene rings is 1. The average Bonchev–Trinajstić information content (AvgIpc) is 3.45. The maximum absolute atomic E-state index is 13.1. The molecule has 7 heteroatoms. The first-order valence-corrected chi connectivity index (χ1v) is 11.1. The molecule has 1 aliphatic heterocycles. The van der Waals surface area contributed by atoms with Gasteiger partial charge in [0.1, 0.15) is 11.3 Å². The minimum Gasteiger partial charge on any atom is -0.497 e. The first-order valence-electron chi connectivity index (χ1n) is 11.1. The molecule has 3 aliphatic rings. The number of urea groups is 1. The predicted molar refractivity (Wildman–Crippen MR) is 113 cm³/mol. The highest BCUT2D eigenvalue weighted by Crippen LogP contribution is 2.38. The summed E-state index contributed by atoms with van der Waals surface area (Å²) in [6, 6.07) is 7.37. The molecule has 2 saturated carbocycles. The molecule has 0 aromatic heterocycles. The second-order valence-corrected chi connectivity index (χ2v) is 8.82. The van der Waals surface area contributed by atoms with Crippen molar-refractivity contribution >= 4 is 23.5 Å². The van der Waals surface area contributed by atoms with Crippen molar-refractivity contribution in [3.63, 3.8) is 0 Å². The van der Waals surface area contributed by atoms with E-state index in [0.29, 0.717) is 18.8 Å². The SMILES string of the molecule is COc1ccc(N(C(=O)CCCN2C(=O)NC3(CCCC3)C2=O)C(C)C2CC2)cc1. The Hall–Kier alpha value is -2.57. The van der Waals surface area contributed by atoms with Gasteiger partial charge in [0.05, 0.1) is 7.11 Å². The zero-order valence-electron chi connectivity index (χ0n) is 17.9. The zero-order valence-corrected chi connectivity index (χ0v) is 17.9. The smallest absolute Gasteiger partial charge is 0.325 e. The van der Waals surface area contributed by atoms with Crippen LogP contribution in [0.3, 0.4) is 0 Å². The van der Waals surface area contributed by atoms with E-state index < -0.39 is 5.54 Å². The van der Waals surface area contributed by atoms with Gasteiger partial charge in [-0.3, -0.25) is 14.5 Å². The fourth-order valence-electron chi connectivity index (χ4n) is 4.84. The van der Waals surface area contributed by atoms with E-state index in [9.17, 15) is 14.4 Å². The molecule has 4 amide bonds. The van der Waals surface area contributed by atoms with E-state index in [1.54, 1.807) is 7.11 Å². The molecule has 0 bridgehead atoms. The number of methoxy groups -OCH3 is 1. The van der Waals surface area contributed by atoms with Gasteiger partial charge in [-0.2, -0.15) is 0 Å². The molecule has 1 spiro atoms. The average molecular weight is 414 g/mol. The number of hydrogen-bond acceptors (Lipinski definition) is 4. The highest BCUT2D eigenvalue weighted by atomic mass is 16.5. The highest BCUT2D eigenvalue weighted by Gasteiger charge is 2.52. The van der Waals surface area contributed by atoms with Crippen molar-refractivity contribution in [2.24, 2.45) is 5.92 Å². The molecule has 1 saturated heterocycles. The predicted octanol–water partition coefficient (Wildman–Crippen LogP) is 3.47. The highest BCUT2D eigenvalue weighted by molar-refractivity contribution is 6.07. The summed E-state index contributed by atoms with van der Waals surface area (Å²) in [6.07, 6.45) is 6.43. The monoisotopic (exact) mass is 413 g/mol. The molecule has 7 nitrogen and oxygen atoms in total. The number of rotatable bonds is 8. The minimum absolute atomic E-state index is 0.0298. The van der Waals surface area contributed by atoms with Crippen LogP contribution in [0.5, 0.6) is 5.75 Å². The van der Waals surface area contributed by atoms with Gasteiger partial charge in [-0.05, 0) is 69.2 Å². The summed E-state index contributed by atoms with van der Waals surface area (Å²) in [6.45, 7) is 2.38. The summed E-state index contributed by atoms with van der Waals surface area (Å²) in [5.74, 6) is 1.20. The van der Waals surface area contributed by atoms with Crippen LogP contribution in [0, 0.1) is 5.92 Å². The Balaban J connectivity index is 1.39. The molecule has 2 aliphatic carbocycles. The first-order chi connectivity index (χ1) is 14.4. The van der Waals surface area contributed by atoms with Crippen LogP contribution < -0.4 is 15.0 Å². The van der Waals surface area contributed by atoms with Crippen LogP contribution >= 0.6 is 0 Å². The van der Waals surface area contributed by atoms with Gasteiger partial charge >= 0.3 is 6.03 Å². The molecule has 1 aromatic rings. The Bertz CT molecular complexity index is 812. The van der Waals surface area contributed by atoms with Crippen LogP contribution in [-0.2, 0) is 9.59 Å². The van der Waals surface area contributed by atoms with Crippen LogP contribution in [0.2, 0.25) is 0 Å². The molecule has 1 unspecified atom stereocenters.